The minimum atomic E-state index is 0.494. The van der Waals surface area contributed by atoms with Crippen molar-refractivity contribution < 1.29 is 4.42 Å². The summed E-state index contributed by atoms with van der Waals surface area (Å²) in [6.07, 6.45) is 0.774. The van der Waals surface area contributed by atoms with Gasteiger partial charge < -0.3 is 10.2 Å². The molecule has 2 aromatic rings. The van der Waals surface area contributed by atoms with Crippen LogP contribution in [0.5, 0.6) is 0 Å². The van der Waals surface area contributed by atoms with Gasteiger partial charge >= 0.3 is 0 Å². The van der Waals surface area contributed by atoms with E-state index < -0.39 is 0 Å². The standard InChI is InChI=1S/C11H12ClN3OS/c1-7-14-15-11(16-7)17-10-8(5-6-13)3-2-4-9(10)12/h2-4H,5-6,13H2,1H3. The first-order chi connectivity index (χ1) is 8.20. The Morgan fingerprint density at radius 1 is 1.41 bits per heavy atom. The summed E-state index contributed by atoms with van der Waals surface area (Å²) in [6, 6.07) is 5.76. The largest absolute Gasteiger partial charge is 0.416 e. The summed E-state index contributed by atoms with van der Waals surface area (Å²) < 4.78 is 5.33. The highest BCUT2D eigenvalue weighted by atomic mass is 35.5. The average molecular weight is 270 g/mol. The van der Waals surface area contributed by atoms with Gasteiger partial charge in [-0.05, 0) is 36.4 Å². The van der Waals surface area contributed by atoms with Gasteiger partial charge in [0, 0.05) is 11.8 Å². The zero-order valence-electron chi connectivity index (χ0n) is 9.31. The fourth-order valence-electron chi connectivity index (χ4n) is 1.43. The van der Waals surface area contributed by atoms with Crippen LogP contribution in [0.3, 0.4) is 0 Å². The maximum absolute atomic E-state index is 6.17. The van der Waals surface area contributed by atoms with E-state index in [1.54, 1.807) is 6.92 Å². The molecule has 17 heavy (non-hydrogen) atoms. The van der Waals surface area contributed by atoms with Gasteiger partial charge in [-0.25, -0.2) is 0 Å². The molecule has 0 aliphatic heterocycles. The van der Waals surface area contributed by atoms with Crippen LogP contribution in [0.2, 0.25) is 5.02 Å². The van der Waals surface area contributed by atoms with Gasteiger partial charge in [-0.15, -0.1) is 10.2 Å². The fraction of sp³-hybridized carbons (Fsp3) is 0.273. The van der Waals surface area contributed by atoms with Gasteiger partial charge in [-0.2, -0.15) is 0 Å². The summed E-state index contributed by atoms with van der Waals surface area (Å²) in [5.41, 5.74) is 6.67. The average Bonchev–Trinajstić information content (AvgIpc) is 2.70. The van der Waals surface area contributed by atoms with Gasteiger partial charge in [0.15, 0.2) is 0 Å². The van der Waals surface area contributed by atoms with Crippen molar-refractivity contribution in [1.29, 1.82) is 0 Å². The van der Waals surface area contributed by atoms with Gasteiger partial charge in [-0.1, -0.05) is 23.7 Å². The number of halogens is 1. The molecule has 0 atom stereocenters. The molecule has 90 valence electrons. The molecule has 0 radical (unpaired) electrons. The Morgan fingerprint density at radius 3 is 2.88 bits per heavy atom. The Morgan fingerprint density at radius 2 is 2.24 bits per heavy atom. The Hall–Kier alpha value is -1.04. The molecule has 2 N–H and O–H groups in total. The predicted octanol–water partition coefficient (Wildman–Crippen LogP) is 2.68. The Balaban J connectivity index is 2.30. The molecule has 0 aliphatic rings. The van der Waals surface area contributed by atoms with Crippen molar-refractivity contribution >= 4 is 23.4 Å². The van der Waals surface area contributed by atoms with Crippen LogP contribution in [0.4, 0.5) is 0 Å². The van der Waals surface area contributed by atoms with Crippen LogP contribution < -0.4 is 5.73 Å². The minimum absolute atomic E-state index is 0.494. The summed E-state index contributed by atoms with van der Waals surface area (Å²) >= 11 is 7.54. The molecule has 1 heterocycles. The van der Waals surface area contributed by atoms with E-state index >= 15 is 0 Å². The molecule has 4 nitrogen and oxygen atoms in total. The lowest BCUT2D eigenvalue weighted by Crippen LogP contribution is -2.03. The highest BCUT2D eigenvalue weighted by Crippen LogP contribution is 2.35. The van der Waals surface area contributed by atoms with Crippen molar-refractivity contribution in [1.82, 2.24) is 10.2 Å². The second-order valence-electron chi connectivity index (χ2n) is 3.46. The van der Waals surface area contributed by atoms with E-state index in [4.69, 9.17) is 21.8 Å². The normalized spacial score (nSPS) is 10.8. The first kappa shape index (κ1) is 12.4. The number of nitrogens with two attached hydrogens (primary N) is 1. The van der Waals surface area contributed by atoms with Crippen molar-refractivity contribution in [2.75, 3.05) is 6.54 Å². The van der Waals surface area contributed by atoms with Crippen LogP contribution in [-0.2, 0) is 6.42 Å². The van der Waals surface area contributed by atoms with E-state index in [0.717, 1.165) is 16.9 Å². The molecular weight excluding hydrogens is 258 g/mol. The quantitative estimate of drug-likeness (QED) is 0.924. The van der Waals surface area contributed by atoms with Crippen molar-refractivity contribution in [2.24, 2.45) is 5.73 Å². The first-order valence-corrected chi connectivity index (χ1v) is 6.35. The van der Waals surface area contributed by atoms with Crippen molar-refractivity contribution in [3.05, 3.63) is 34.7 Å². The molecular formula is C11H12ClN3OS. The second kappa shape index (κ2) is 5.53. The van der Waals surface area contributed by atoms with Crippen LogP contribution in [0.15, 0.2) is 32.7 Å². The fourth-order valence-corrected chi connectivity index (χ4v) is 2.62. The molecule has 2 rings (SSSR count). The molecule has 0 bridgehead atoms. The monoisotopic (exact) mass is 269 g/mol. The lowest BCUT2D eigenvalue weighted by Gasteiger charge is -2.07. The SMILES string of the molecule is Cc1nnc(Sc2c(Cl)cccc2CCN)o1. The minimum Gasteiger partial charge on any atom is -0.416 e. The number of nitrogens with zero attached hydrogens (tertiary/aromatic N) is 2. The van der Waals surface area contributed by atoms with Crippen LogP contribution >= 0.6 is 23.4 Å². The highest BCUT2D eigenvalue weighted by molar-refractivity contribution is 7.99. The molecule has 0 amide bonds. The number of hydrogen-bond donors (Lipinski definition) is 1. The zero-order chi connectivity index (χ0) is 12.3. The molecule has 0 aliphatic carbocycles. The van der Waals surface area contributed by atoms with Crippen molar-refractivity contribution in [3.63, 3.8) is 0 Å². The molecule has 6 heteroatoms. The summed E-state index contributed by atoms with van der Waals surface area (Å²) in [4.78, 5) is 0.934. The van der Waals surface area contributed by atoms with E-state index in [9.17, 15) is 0 Å². The van der Waals surface area contributed by atoms with Crippen molar-refractivity contribution in [2.45, 2.75) is 23.5 Å². The third-order valence-electron chi connectivity index (χ3n) is 2.16. The molecule has 0 saturated carbocycles. The number of aromatic nitrogens is 2. The van der Waals surface area contributed by atoms with Crippen LogP contribution in [0, 0.1) is 6.92 Å². The summed E-state index contributed by atoms with van der Waals surface area (Å²) in [6.45, 7) is 2.33. The van der Waals surface area contributed by atoms with Gasteiger partial charge in [0.05, 0.1) is 5.02 Å². The third kappa shape index (κ3) is 3.00. The molecule has 0 unspecified atom stereocenters. The summed E-state index contributed by atoms with van der Waals surface area (Å²) in [5, 5.41) is 8.89. The lowest BCUT2D eigenvalue weighted by atomic mass is 10.1. The van der Waals surface area contributed by atoms with E-state index in [0.29, 0.717) is 22.7 Å². The van der Waals surface area contributed by atoms with E-state index in [2.05, 4.69) is 10.2 Å². The summed E-state index contributed by atoms with van der Waals surface area (Å²) in [5.74, 6) is 0.542. The number of hydrogen-bond acceptors (Lipinski definition) is 5. The second-order valence-corrected chi connectivity index (χ2v) is 4.82. The first-order valence-electron chi connectivity index (χ1n) is 5.16. The van der Waals surface area contributed by atoms with Gasteiger partial charge in [0.25, 0.3) is 5.22 Å². The maximum Gasteiger partial charge on any atom is 0.281 e. The Bertz CT molecular complexity index is 515. The Kier molecular flexibility index (Phi) is 4.04. The molecule has 1 aromatic heterocycles. The van der Waals surface area contributed by atoms with Gasteiger partial charge in [0.2, 0.25) is 5.89 Å². The third-order valence-corrected chi connectivity index (χ3v) is 3.61. The lowest BCUT2D eigenvalue weighted by molar-refractivity contribution is 0.429. The number of benzene rings is 1. The summed E-state index contributed by atoms with van der Waals surface area (Å²) in [7, 11) is 0. The maximum atomic E-state index is 6.17. The van der Waals surface area contributed by atoms with Crippen molar-refractivity contribution in [3.8, 4) is 0 Å². The van der Waals surface area contributed by atoms with Crippen LogP contribution in [0.25, 0.3) is 0 Å². The van der Waals surface area contributed by atoms with E-state index in [1.165, 1.54) is 11.8 Å². The molecule has 0 fully saturated rings. The number of aryl methyl sites for hydroxylation is 1. The van der Waals surface area contributed by atoms with E-state index in [1.807, 2.05) is 18.2 Å². The smallest absolute Gasteiger partial charge is 0.281 e. The van der Waals surface area contributed by atoms with E-state index in [-0.39, 0.29) is 0 Å². The topological polar surface area (TPSA) is 64.9 Å². The Labute approximate surface area is 109 Å². The zero-order valence-corrected chi connectivity index (χ0v) is 10.9. The highest BCUT2D eigenvalue weighted by Gasteiger charge is 2.12. The molecule has 0 spiro atoms. The number of rotatable bonds is 4. The van der Waals surface area contributed by atoms with Gasteiger partial charge in [-0.3, -0.25) is 0 Å². The van der Waals surface area contributed by atoms with Crippen LogP contribution in [0.1, 0.15) is 11.5 Å². The molecule has 1 aromatic carbocycles. The predicted molar refractivity (Wildman–Crippen MR) is 67.4 cm³/mol. The van der Waals surface area contributed by atoms with Gasteiger partial charge in [0.1, 0.15) is 0 Å². The van der Waals surface area contributed by atoms with Crippen LogP contribution in [-0.4, -0.2) is 16.7 Å². The molecule has 0 saturated heterocycles.